The van der Waals surface area contributed by atoms with Crippen molar-refractivity contribution in [1.29, 1.82) is 0 Å². The Morgan fingerprint density at radius 2 is 2.22 bits per heavy atom. The molecule has 0 amide bonds. The molecule has 0 saturated heterocycles. The molecular formula is C10H13BrClNO3S2. The summed E-state index contributed by atoms with van der Waals surface area (Å²) in [6.45, 7) is 0.473. The molecule has 0 radical (unpaired) electrons. The van der Waals surface area contributed by atoms with Crippen molar-refractivity contribution in [3.63, 3.8) is 0 Å². The van der Waals surface area contributed by atoms with E-state index in [1.54, 1.807) is 0 Å². The molecule has 1 aromatic rings. The van der Waals surface area contributed by atoms with Gasteiger partial charge in [-0.2, -0.15) is 0 Å². The van der Waals surface area contributed by atoms with E-state index in [9.17, 15) is 8.42 Å². The SMILES string of the molecule is O=S(=O)(NCC1(CCO)CC1)c1cc(Cl)c(Br)s1. The molecule has 1 heterocycles. The van der Waals surface area contributed by atoms with Crippen LogP contribution in [0, 0.1) is 5.41 Å². The lowest BCUT2D eigenvalue weighted by Gasteiger charge is -2.13. The monoisotopic (exact) mass is 373 g/mol. The lowest BCUT2D eigenvalue weighted by molar-refractivity contribution is 0.249. The van der Waals surface area contributed by atoms with Crippen LogP contribution in [0.15, 0.2) is 14.1 Å². The molecule has 0 unspecified atom stereocenters. The summed E-state index contributed by atoms with van der Waals surface area (Å²) in [5.74, 6) is 0. The molecule has 102 valence electrons. The third-order valence-corrected chi connectivity index (χ3v) is 7.47. The molecule has 1 fully saturated rings. The molecule has 2 N–H and O–H groups in total. The summed E-state index contributed by atoms with van der Waals surface area (Å²) >= 11 is 10.1. The van der Waals surface area contributed by atoms with E-state index in [0.717, 1.165) is 24.2 Å². The van der Waals surface area contributed by atoms with Crippen molar-refractivity contribution in [1.82, 2.24) is 4.72 Å². The zero-order valence-corrected chi connectivity index (χ0v) is 13.4. The fraction of sp³-hybridized carbons (Fsp3) is 0.600. The van der Waals surface area contributed by atoms with Gasteiger partial charge in [0.1, 0.15) is 4.21 Å². The Morgan fingerprint density at radius 3 is 2.67 bits per heavy atom. The van der Waals surface area contributed by atoms with E-state index in [0.29, 0.717) is 21.8 Å². The number of aliphatic hydroxyl groups excluding tert-OH is 1. The van der Waals surface area contributed by atoms with Crippen LogP contribution in [0.2, 0.25) is 5.02 Å². The van der Waals surface area contributed by atoms with Crippen molar-refractivity contribution in [2.75, 3.05) is 13.2 Å². The first-order chi connectivity index (χ1) is 8.38. The molecule has 2 rings (SSSR count). The summed E-state index contributed by atoms with van der Waals surface area (Å²) in [7, 11) is -3.50. The number of thiophene rings is 1. The van der Waals surface area contributed by atoms with E-state index in [2.05, 4.69) is 20.7 Å². The fourth-order valence-corrected chi connectivity index (χ4v) is 5.31. The van der Waals surface area contributed by atoms with E-state index >= 15 is 0 Å². The number of hydrogen-bond acceptors (Lipinski definition) is 4. The second kappa shape index (κ2) is 5.38. The minimum Gasteiger partial charge on any atom is -0.396 e. The first-order valence-electron chi connectivity index (χ1n) is 5.44. The molecule has 0 aliphatic heterocycles. The third-order valence-electron chi connectivity index (χ3n) is 3.12. The third kappa shape index (κ3) is 3.26. The van der Waals surface area contributed by atoms with Crippen LogP contribution in [0.4, 0.5) is 0 Å². The Bertz CT molecular complexity index is 520. The van der Waals surface area contributed by atoms with Gasteiger partial charge in [-0.25, -0.2) is 13.1 Å². The average molecular weight is 375 g/mol. The van der Waals surface area contributed by atoms with Crippen LogP contribution in [0.1, 0.15) is 19.3 Å². The number of rotatable bonds is 6. The molecule has 1 aliphatic carbocycles. The van der Waals surface area contributed by atoms with Gasteiger partial charge in [0, 0.05) is 13.2 Å². The summed E-state index contributed by atoms with van der Waals surface area (Å²) in [5, 5.41) is 9.33. The van der Waals surface area contributed by atoms with Crippen molar-refractivity contribution in [2.24, 2.45) is 5.41 Å². The molecule has 1 aromatic heterocycles. The highest BCUT2D eigenvalue weighted by Crippen LogP contribution is 2.48. The van der Waals surface area contributed by atoms with E-state index in [4.69, 9.17) is 16.7 Å². The van der Waals surface area contributed by atoms with Gasteiger partial charge in [0.2, 0.25) is 10.0 Å². The first kappa shape index (κ1) is 14.7. The summed E-state index contributed by atoms with van der Waals surface area (Å²) in [4.78, 5) is 0. The molecule has 1 saturated carbocycles. The maximum absolute atomic E-state index is 12.0. The Kier molecular flexibility index (Phi) is 4.40. The molecule has 8 heteroatoms. The van der Waals surface area contributed by atoms with Gasteiger partial charge in [-0.1, -0.05) is 11.6 Å². The molecule has 1 aliphatic rings. The lowest BCUT2D eigenvalue weighted by Crippen LogP contribution is -2.30. The standard InChI is InChI=1S/C10H13BrClNO3S2/c11-9-7(12)5-8(17-9)18(15,16)13-6-10(1-2-10)3-4-14/h5,13-14H,1-4,6H2. The maximum atomic E-state index is 12.0. The van der Waals surface area contributed by atoms with Crippen molar-refractivity contribution in [2.45, 2.75) is 23.5 Å². The first-order valence-corrected chi connectivity index (χ1v) is 8.91. The summed E-state index contributed by atoms with van der Waals surface area (Å²) in [6.07, 6.45) is 2.57. The summed E-state index contributed by atoms with van der Waals surface area (Å²) < 4.78 is 27.5. The van der Waals surface area contributed by atoms with E-state index in [-0.39, 0.29) is 16.2 Å². The fourth-order valence-electron chi connectivity index (χ4n) is 1.71. The quantitative estimate of drug-likeness (QED) is 0.804. The summed E-state index contributed by atoms with van der Waals surface area (Å²) in [5.41, 5.74) is -0.0416. The van der Waals surface area contributed by atoms with Crippen LogP contribution in [0.5, 0.6) is 0 Å². The van der Waals surface area contributed by atoms with Gasteiger partial charge in [-0.3, -0.25) is 0 Å². The Labute approximate surface area is 124 Å². The predicted molar refractivity (Wildman–Crippen MR) is 75.6 cm³/mol. The Morgan fingerprint density at radius 1 is 1.56 bits per heavy atom. The molecule has 18 heavy (non-hydrogen) atoms. The number of hydrogen-bond donors (Lipinski definition) is 2. The van der Waals surface area contributed by atoms with Gasteiger partial charge >= 0.3 is 0 Å². The highest BCUT2D eigenvalue weighted by molar-refractivity contribution is 9.11. The minimum absolute atomic E-state index is 0.0416. The second-order valence-electron chi connectivity index (χ2n) is 4.49. The number of aliphatic hydroxyl groups is 1. The van der Waals surface area contributed by atoms with Crippen molar-refractivity contribution < 1.29 is 13.5 Å². The molecule has 4 nitrogen and oxygen atoms in total. The average Bonchev–Trinajstić information content (AvgIpc) is 2.98. The van der Waals surface area contributed by atoms with Crippen LogP contribution in [0.3, 0.4) is 0 Å². The van der Waals surface area contributed by atoms with Crippen molar-refractivity contribution in [3.8, 4) is 0 Å². The largest absolute Gasteiger partial charge is 0.396 e. The molecule has 0 atom stereocenters. The van der Waals surface area contributed by atoms with Gasteiger partial charge in [0.15, 0.2) is 0 Å². The molecule has 0 spiro atoms. The van der Waals surface area contributed by atoms with Crippen molar-refractivity contribution in [3.05, 3.63) is 14.9 Å². The smallest absolute Gasteiger partial charge is 0.250 e. The van der Waals surface area contributed by atoms with E-state index in [1.165, 1.54) is 6.07 Å². The summed E-state index contributed by atoms with van der Waals surface area (Å²) in [6, 6.07) is 1.43. The van der Waals surface area contributed by atoms with Gasteiger partial charge in [-0.15, -0.1) is 11.3 Å². The highest BCUT2D eigenvalue weighted by Gasteiger charge is 2.42. The minimum atomic E-state index is -3.50. The van der Waals surface area contributed by atoms with Crippen LogP contribution in [0.25, 0.3) is 0 Å². The van der Waals surface area contributed by atoms with Crippen LogP contribution in [-0.2, 0) is 10.0 Å². The number of halogens is 2. The zero-order chi connectivity index (χ0) is 13.4. The Hall–Kier alpha value is 0.340. The second-order valence-corrected chi connectivity index (χ2v) is 9.26. The van der Waals surface area contributed by atoms with Gasteiger partial charge < -0.3 is 5.11 Å². The van der Waals surface area contributed by atoms with Gasteiger partial charge in [-0.05, 0) is 46.7 Å². The Balaban J connectivity index is 2.04. The maximum Gasteiger partial charge on any atom is 0.250 e. The van der Waals surface area contributed by atoms with E-state index in [1.807, 2.05) is 0 Å². The number of sulfonamides is 1. The predicted octanol–water partition coefficient (Wildman–Crippen LogP) is 2.60. The van der Waals surface area contributed by atoms with Crippen LogP contribution >= 0.6 is 38.9 Å². The molecular weight excluding hydrogens is 362 g/mol. The molecule has 0 aromatic carbocycles. The van der Waals surface area contributed by atoms with Crippen LogP contribution < -0.4 is 4.72 Å². The molecule has 0 bridgehead atoms. The highest BCUT2D eigenvalue weighted by atomic mass is 79.9. The lowest BCUT2D eigenvalue weighted by atomic mass is 10.0. The van der Waals surface area contributed by atoms with Crippen molar-refractivity contribution >= 4 is 48.9 Å². The zero-order valence-electron chi connectivity index (χ0n) is 9.45. The van der Waals surface area contributed by atoms with Gasteiger partial charge in [0.05, 0.1) is 8.81 Å². The normalized spacial score (nSPS) is 17.9. The topological polar surface area (TPSA) is 66.4 Å². The van der Waals surface area contributed by atoms with E-state index < -0.39 is 10.0 Å². The number of nitrogens with one attached hydrogen (secondary N) is 1. The van der Waals surface area contributed by atoms with Gasteiger partial charge in [0.25, 0.3) is 0 Å². The van der Waals surface area contributed by atoms with Crippen LogP contribution in [-0.4, -0.2) is 26.7 Å².